The fraction of sp³-hybridized carbons (Fsp3) is 0.259. The van der Waals surface area contributed by atoms with Gasteiger partial charge in [-0.3, -0.25) is 9.88 Å². The average Bonchev–Trinajstić information content (AvgIpc) is 3.37. The molecular formula is C27H27N5O2S. The summed E-state index contributed by atoms with van der Waals surface area (Å²) in [5, 5.41) is 14.3. The molecule has 2 aromatic carbocycles. The van der Waals surface area contributed by atoms with E-state index in [4.69, 9.17) is 9.47 Å². The van der Waals surface area contributed by atoms with Crippen molar-refractivity contribution >= 4 is 34.0 Å². The van der Waals surface area contributed by atoms with E-state index in [0.29, 0.717) is 29.4 Å². The van der Waals surface area contributed by atoms with Crippen molar-refractivity contribution in [1.29, 1.82) is 5.26 Å². The Bertz CT molecular complexity index is 1360. The first kappa shape index (κ1) is 23.1. The number of ether oxygens (including phenoxy) is 2. The molecule has 178 valence electrons. The summed E-state index contributed by atoms with van der Waals surface area (Å²) in [5.41, 5.74) is 4.85. The molecule has 1 fully saturated rings. The van der Waals surface area contributed by atoms with Crippen LogP contribution in [0, 0.1) is 11.3 Å². The summed E-state index contributed by atoms with van der Waals surface area (Å²) in [6.07, 6.45) is 5.27. The third-order valence-corrected chi connectivity index (χ3v) is 7.07. The molecule has 2 N–H and O–H groups in total. The first-order valence-electron chi connectivity index (χ1n) is 11.6. The summed E-state index contributed by atoms with van der Waals surface area (Å²) >= 11 is 2.00. The van der Waals surface area contributed by atoms with Gasteiger partial charge < -0.3 is 19.8 Å². The van der Waals surface area contributed by atoms with Crippen LogP contribution in [-0.2, 0) is 0 Å². The van der Waals surface area contributed by atoms with Crippen LogP contribution in [0.2, 0.25) is 0 Å². The summed E-state index contributed by atoms with van der Waals surface area (Å²) in [6.45, 7) is 3.67. The second kappa shape index (κ2) is 10.7. The van der Waals surface area contributed by atoms with Gasteiger partial charge in [0.25, 0.3) is 0 Å². The monoisotopic (exact) mass is 485 g/mol. The van der Waals surface area contributed by atoms with Crippen LogP contribution in [0.4, 0.5) is 11.4 Å². The minimum absolute atomic E-state index is 0.470. The minimum Gasteiger partial charge on any atom is -0.493 e. The standard InChI is InChI=1S/C27H27N5O2S/c1-33-25-5-2-19(15-26(25)34-11-8-32-9-12-35-13-10-32)23-18-29-17-21(16-28)27(23)31-22-3-4-24-20(14-22)6-7-30-24/h2-7,14-15,17-18,30H,8-13H2,1H3,(H,29,31). The van der Waals surface area contributed by atoms with Gasteiger partial charge in [0.1, 0.15) is 12.7 Å². The van der Waals surface area contributed by atoms with Gasteiger partial charge in [0.2, 0.25) is 0 Å². The van der Waals surface area contributed by atoms with Gasteiger partial charge >= 0.3 is 0 Å². The minimum atomic E-state index is 0.470. The van der Waals surface area contributed by atoms with E-state index < -0.39 is 0 Å². The molecule has 1 saturated heterocycles. The fourth-order valence-corrected chi connectivity index (χ4v) is 5.22. The van der Waals surface area contributed by atoms with Crippen LogP contribution >= 0.6 is 11.8 Å². The Morgan fingerprint density at radius 2 is 2.00 bits per heavy atom. The number of nitrogens with one attached hydrogen (secondary N) is 2. The zero-order valence-electron chi connectivity index (χ0n) is 19.6. The number of aromatic nitrogens is 2. The first-order chi connectivity index (χ1) is 17.2. The Morgan fingerprint density at radius 1 is 1.11 bits per heavy atom. The first-order valence-corrected chi connectivity index (χ1v) is 12.7. The number of methoxy groups -OCH3 is 1. The summed E-state index contributed by atoms with van der Waals surface area (Å²) in [5.74, 6) is 3.71. The van der Waals surface area contributed by atoms with Gasteiger partial charge in [-0.25, -0.2) is 0 Å². The summed E-state index contributed by atoms with van der Waals surface area (Å²) < 4.78 is 11.7. The maximum atomic E-state index is 9.80. The van der Waals surface area contributed by atoms with Crippen molar-refractivity contribution in [2.45, 2.75) is 0 Å². The van der Waals surface area contributed by atoms with Gasteiger partial charge in [0.05, 0.1) is 18.4 Å². The lowest BCUT2D eigenvalue weighted by Gasteiger charge is -2.26. The number of thioether (sulfide) groups is 1. The van der Waals surface area contributed by atoms with Crippen molar-refractivity contribution in [1.82, 2.24) is 14.9 Å². The van der Waals surface area contributed by atoms with Crippen LogP contribution in [0.25, 0.3) is 22.0 Å². The van der Waals surface area contributed by atoms with Crippen molar-refractivity contribution in [2.24, 2.45) is 0 Å². The predicted octanol–water partition coefficient (Wildman–Crippen LogP) is 5.28. The van der Waals surface area contributed by atoms with Crippen LogP contribution in [0.1, 0.15) is 5.56 Å². The number of hydrogen-bond donors (Lipinski definition) is 2. The summed E-state index contributed by atoms with van der Waals surface area (Å²) in [7, 11) is 1.64. The van der Waals surface area contributed by atoms with E-state index in [1.54, 1.807) is 19.5 Å². The highest BCUT2D eigenvalue weighted by atomic mass is 32.2. The topological polar surface area (TPSA) is 86.2 Å². The molecule has 8 heteroatoms. The Morgan fingerprint density at radius 3 is 2.83 bits per heavy atom. The van der Waals surface area contributed by atoms with Gasteiger partial charge in [-0.15, -0.1) is 0 Å². The number of pyridine rings is 1. The van der Waals surface area contributed by atoms with Gasteiger partial charge in [-0.05, 0) is 42.0 Å². The molecule has 0 saturated carbocycles. The molecule has 0 spiro atoms. The molecule has 7 nitrogen and oxygen atoms in total. The number of benzene rings is 2. The largest absolute Gasteiger partial charge is 0.493 e. The van der Waals surface area contributed by atoms with Crippen LogP contribution in [0.15, 0.2) is 61.1 Å². The van der Waals surface area contributed by atoms with Crippen LogP contribution in [0.5, 0.6) is 11.5 Å². The zero-order chi connectivity index (χ0) is 24.0. The molecule has 1 aliphatic heterocycles. The van der Waals surface area contributed by atoms with Crippen molar-refractivity contribution in [3.8, 4) is 28.7 Å². The van der Waals surface area contributed by atoms with Crippen LogP contribution in [-0.4, -0.2) is 59.7 Å². The SMILES string of the molecule is COc1ccc(-c2cncc(C#N)c2Nc2ccc3[nH]ccc3c2)cc1OCCN1CCSCC1. The normalized spacial score (nSPS) is 13.9. The quantitative estimate of drug-likeness (QED) is 0.351. The molecule has 2 aromatic heterocycles. The molecule has 0 atom stereocenters. The van der Waals surface area contributed by atoms with Gasteiger partial charge in [-0.2, -0.15) is 17.0 Å². The highest BCUT2D eigenvalue weighted by molar-refractivity contribution is 7.99. The molecule has 4 aromatic rings. The Labute approximate surface area is 209 Å². The number of nitrogens with zero attached hydrogens (tertiary/aromatic N) is 3. The number of hydrogen-bond acceptors (Lipinski definition) is 7. The number of H-pyrrole nitrogens is 1. The summed E-state index contributed by atoms with van der Waals surface area (Å²) in [4.78, 5) is 9.96. The van der Waals surface area contributed by atoms with Gasteiger partial charge in [0, 0.05) is 71.9 Å². The average molecular weight is 486 g/mol. The molecule has 0 amide bonds. The second-order valence-corrected chi connectivity index (χ2v) is 9.52. The lowest BCUT2D eigenvalue weighted by molar-refractivity contribution is 0.217. The highest BCUT2D eigenvalue weighted by Gasteiger charge is 2.16. The van der Waals surface area contributed by atoms with E-state index in [-0.39, 0.29) is 0 Å². The lowest BCUT2D eigenvalue weighted by atomic mass is 10.0. The molecule has 0 aliphatic carbocycles. The Balaban J connectivity index is 1.43. The lowest BCUT2D eigenvalue weighted by Crippen LogP contribution is -2.35. The van der Waals surface area contributed by atoms with Gasteiger partial charge in [0.15, 0.2) is 11.5 Å². The van der Waals surface area contributed by atoms with Crippen molar-refractivity contribution in [3.63, 3.8) is 0 Å². The fourth-order valence-electron chi connectivity index (χ4n) is 4.24. The van der Waals surface area contributed by atoms with E-state index >= 15 is 0 Å². The Kier molecular flexibility index (Phi) is 7.07. The van der Waals surface area contributed by atoms with Crippen molar-refractivity contribution in [3.05, 3.63) is 66.6 Å². The molecule has 1 aliphatic rings. The van der Waals surface area contributed by atoms with E-state index in [9.17, 15) is 5.26 Å². The molecule has 0 radical (unpaired) electrons. The molecule has 35 heavy (non-hydrogen) atoms. The number of nitriles is 1. The number of rotatable bonds is 8. The van der Waals surface area contributed by atoms with Crippen LogP contribution in [0.3, 0.4) is 0 Å². The number of aromatic amines is 1. The Hall–Kier alpha value is -3.67. The second-order valence-electron chi connectivity index (χ2n) is 8.29. The maximum absolute atomic E-state index is 9.80. The zero-order valence-corrected chi connectivity index (χ0v) is 20.4. The van der Waals surface area contributed by atoms with E-state index in [1.165, 1.54) is 11.5 Å². The van der Waals surface area contributed by atoms with Crippen molar-refractivity contribution < 1.29 is 9.47 Å². The number of fused-ring (bicyclic) bond motifs is 1. The van der Waals surface area contributed by atoms with E-state index in [1.807, 2.05) is 54.4 Å². The maximum Gasteiger partial charge on any atom is 0.161 e. The van der Waals surface area contributed by atoms with Crippen molar-refractivity contribution in [2.75, 3.05) is 50.2 Å². The summed E-state index contributed by atoms with van der Waals surface area (Å²) in [6, 6.07) is 16.2. The smallest absolute Gasteiger partial charge is 0.161 e. The van der Waals surface area contributed by atoms with E-state index in [2.05, 4.69) is 32.3 Å². The van der Waals surface area contributed by atoms with E-state index in [0.717, 1.165) is 47.4 Å². The molecule has 0 unspecified atom stereocenters. The molecule has 5 rings (SSSR count). The molecule has 0 bridgehead atoms. The number of anilines is 2. The third-order valence-electron chi connectivity index (χ3n) is 6.13. The highest BCUT2D eigenvalue weighted by Crippen LogP contribution is 2.38. The van der Waals surface area contributed by atoms with Gasteiger partial charge in [-0.1, -0.05) is 6.07 Å². The molecule has 3 heterocycles. The van der Waals surface area contributed by atoms with Crippen LogP contribution < -0.4 is 14.8 Å². The predicted molar refractivity (Wildman–Crippen MR) is 142 cm³/mol. The third kappa shape index (κ3) is 5.21. The molecular weight excluding hydrogens is 458 g/mol.